The normalized spacial score (nSPS) is 15.1. The van der Waals surface area contributed by atoms with Crippen LogP contribution in [0.3, 0.4) is 0 Å². The molecule has 0 radical (unpaired) electrons. The summed E-state index contributed by atoms with van der Waals surface area (Å²) in [6.45, 7) is 4.57. The van der Waals surface area contributed by atoms with Gasteiger partial charge in [-0.1, -0.05) is 43.6 Å². The lowest BCUT2D eigenvalue weighted by atomic mass is 9.73. The number of hydrogen-bond donors (Lipinski definition) is 1. The molecular formula is C17H20BN. The first-order valence-electron chi connectivity index (χ1n) is 7.14. The van der Waals surface area contributed by atoms with Crippen molar-refractivity contribution in [1.82, 2.24) is 0 Å². The number of rotatable bonds is 2. The first kappa shape index (κ1) is 12.3. The van der Waals surface area contributed by atoms with E-state index in [9.17, 15) is 0 Å². The van der Waals surface area contributed by atoms with E-state index in [1.807, 2.05) is 6.07 Å². The highest BCUT2D eigenvalue weighted by molar-refractivity contribution is 6.32. The summed E-state index contributed by atoms with van der Waals surface area (Å²) in [5, 5.41) is 0. The van der Waals surface area contributed by atoms with Crippen LogP contribution in [0.25, 0.3) is 11.1 Å². The van der Waals surface area contributed by atoms with Crippen LogP contribution in [0.1, 0.15) is 37.8 Å². The van der Waals surface area contributed by atoms with Crippen molar-refractivity contribution in [2.24, 2.45) is 0 Å². The third kappa shape index (κ3) is 1.56. The minimum Gasteiger partial charge on any atom is -0.399 e. The molecule has 0 bridgehead atoms. The van der Waals surface area contributed by atoms with Crippen molar-refractivity contribution in [2.75, 3.05) is 5.73 Å². The average molecular weight is 249 g/mol. The van der Waals surface area contributed by atoms with Gasteiger partial charge in [0.2, 0.25) is 0 Å². The molecule has 96 valence electrons. The van der Waals surface area contributed by atoms with Gasteiger partial charge in [0.1, 0.15) is 7.85 Å². The zero-order valence-electron chi connectivity index (χ0n) is 12.0. The van der Waals surface area contributed by atoms with E-state index in [1.54, 1.807) is 0 Å². The number of nitrogen functional groups attached to an aromatic ring is 1. The van der Waals surface area contributed by atoms with Crippen LogP contribution in [0.4, 0.5) is 5.69 Å². The van der Waals surface area contributed by atoms with Gasteiger partial charge in [-0.15, -0.1) is 0 Å². The van der Waals surface area contributed by atoms with Crippen LogP contribution < -0.4 is 11.2 Å². The van der Waals surface area contributed by atoms with Crippen LogP contribution in [0, 0.1) is 0 Å². The molecule has 0 amide bonds. The predicted octanol–water partition coefficient (Wildman–Crippen LogP) is 2.61. The van der Waals surface area contributed by atoms with E-state index in [1.165, 1.54) is 27.7 Å². The summed E-state index contributed by atoms with van der Waals surface area (Å²) in [5.74, 6) is 0. The molecule has 19 heavy (non-hydrogen) atoms. The summed E-state index contributed by atoms with van der Waals surface area (Å²) in [7, 11) is 2.17. The maximum atomic E-state index is 6.03. The third-order valence-electron chi connectivity index (χ3n) is 4.75. The lowest BCUT2D eigenvalue weighted by molar-refractivity contribution is 0.491. The quantitative estimate of drug-likeness (QED) is 0.642. The molecule has 0 saturated heterocycles. The molecule has 2 heteroatoms. The van der Waals surface area contributed by atoms with Crippen LogP contribution in [0.2, 0.25) is 0 Å². The van der Waals surface area contributed by atoms with Gasteiger partial charge in [0.15, 0.2) is 0 Å². The van der Waals surface area contributed by atoms with Crippen molar-refractivity contribution >= 4 is 19.0 Å². The molecule has 2 aromatic carbocycles. The fraction of sp³-hybridized carbons (Fsp3) is 0.294. The molecule has 1 aliphatic carbocycles. The zero-order chi connectivity index (χ0) is 13.6. The summed E-state index contributed by atoms with van der Waals surface area (Å²) < 4.78 is 0. The van der Waals surface area contributed by atoms with Gasteiger partial charge in [-0.05, 0) is 47.2 Å². The highest BCUT2D eigenvalue weighted by Gasteiger charge is 2.40. The van der Waals surface area contributed by atoms with Gasteiger partial charge in [-0.3, -0.25) is 0 Å². The van der Waals surface area contributed by atoms with Crippen molar-refractivity contribution in [2.45, 2.75) is 32.1 Å². The predicted molar refractivity (Wildman–Crippen MR) is 85.8 cm³/mol. The molecule has 1 aliphatic rings. The lowest BCUT2D eigenvalue weighted by Gasteiger charge is -2.30. The molecule has 0 unspecified atom stereocenters. The lowest BCUT2D eigenvalue weighted by Crippen LogP contribution is -2.24. The molecule has 1 nitrogen and oxygen atoms in total. The van der Waals surface area contributed by atoms with Crippen LogP contribution in [0.15, 0.2) is 36.4 Å². The maximum Gasteiger partial charge on any atom is 0.139 e. The van der Waals surface area contributed by atoms with Gasteiger partial charge in [-0.25, -0.2) is 0 Å². The van der Waals surface area contributed by atoms with Gasteiger partial charge in [0.25, 0.3) is 0 Å². The molecule has 0 aromatic heterocycles. The van der Waals surface area contributed by atoms with Crippen molar-refractivity contribution in [3.8, 4) is 11.1 Å². The molecule has 2 aromatic rings. The first-order valence-corrected chi connectivity index (χ1v) is 7.14. The van der Waals surface area contributed by atoms with E-state index in [4.69, 9.17) is 5.73 Å². The zero-order valence-corrected chi connectivity index (χ0v) is 12.0. The Hall–Kier alpha value is -1.70. The average Bonchev–Trinajstić information content (AvgIpc) is 2.67. The van der Waals surface area contributed by atoms with Gasteiger partial charge in [0, 0.05) is 11.1 Å². The number of benzene rings is 2. The topological polar surface area (TPSA) is 26.0 Å². The summed E-state index contributed by atoms with van der Waals surface area (Å²) in [4.78, 5) is 0. The van der Waals surface area contributed by atoms with Crippen molar-refractivity contribution in [1.29, 1.82) is 0 Å². The summed E-state index contributed by atoms with van der Waals surface area (Å²) in [5.41, 5.74) is 14.0. The van der Waals surface area contributed by atoms with Gasteiger partial charge in [0.05, 0.1) is 0 Å². The van der Waals surface area contributed by atoms with E-state index in [2.05, 4.69) is 52.0 Å². The van der Waals surface area contributed by atoms with Crippen molar-refractivity contribution < 1.29 is 0 Å². The van der Waals surface area contributed by atoms with Crippen molar-refractivity contribution in [3.05, 3.63) is 47.5 Å². The minimum absolute atomic E-state index is 0.145. The van der Waals surface area contributed by atoms with Gasteiger partial charge >= 0.3 is 0 Å². The first-order chi connectivity index (χ1) is 9.12. The second-order valence-electron chi connectivity index (χ2n) is 5.64. The Kier molecular flexibility index (Phi) is 2.70. The summed E-state index contributed by atoms with van der Waals surface area (Å²) in [6, 6.07) is 13.2. The SMILES string of the molecule is Bc1ccc2c(c1)C(CC)(CC)c1cc(N)ccc1-2. The molecule has 0 saturated carbocycles. The molecule has 0 aliphatic heterocycles. The molecule has 0 fully saturated rings. The summed E-state index contributed by atoms with van der Waals surface area (Å²) in [6.07, 6.45) is 2.24. The molecule has 0 heterocycles. The Morgan fingerprint density at radius 1 is 0.947 bits per heavy atom. The number of anilines is 1. The van der Waals surface area contributed by atoms with E-state index < -0.39 is 0 Å². The highest BCUT2D eigenvalue weighted by Crippen LogP contribution is 2.52. The Balaban J connectivity index is 2.38. The van der Waals surface area contributed by atoms with E-state index in [0.717, 1.165) is 18.5 Å². The Bertz CT molecular complexity index is 588. The Morgan fingerprint density at radius 3 is 2.16 bits per heavy atom. The molecule has 3 rings (SSSR count). The monoisotopic (exact) mass is 249 g/mol. The fourth-order valence-electron chi connectivity index (χ4n) is 3.64. The Morgan fingerprint density at radius 2 is 1.53 bits per heavy atom. The van der Waals surface area contributed by atoms with Crippen LogP contribution in [0.5, 0.6) is 0 Å². The van der Waals surface area contributed by atoms with E-state index in [0.29, 0.717) is 0 Å². The van der Waals surface area contributed by atoms with Gasteiger partial charge < -0.3 is 5.73 Å². The molecule has 0 spiro atoms. The van der Waals surface area contributed by atoms with Gasteiger partial charge in [-0.2, -0.15) is 0 Å². The van der Waals surface area contributed by atoms with Crippen LogP contribution in [-0.2, 0) is 5.41 Å². The summed E-state index contributed by atoms with van der Waals surface area (Å²) >= 11 is 0. The number of hydrogen-bond acceptors (Lipinski definition) is 1. The minimum atomic E-state index is 0.145. The number of nitrogens with two attached hydrogens (primary N) is 1. The second-order valence-corrected chi connectivity index (χ2v) is 5.64. The molecule has 0 atom stereocenters. The highest BCUT2D eigenvalue weighted by atomic mass is 14.6. The Labute approximate surface area is 116 Å². The van der Waals surface area contributed by atoms with Crippen molar-refractivity contribution in [3.63, 3.8) is 0 Å². The fourth-order valence-corrected chi connectivity index (χ4v) is 3.64. The van der Waals surface area contributed by atoms with Crippen LogP contribution in [-0.4, -0.2) is 7.85 Å². The van der Waals surface area contributed by atoms with E-state index >= 15 is 0 Å². The maximum absolute atomic E-state index is 6.03. The molecule has 2 N–H and O–H groups in total. The largest absolute Gasteiger partial charge is 0.399 e. The van der Waals surface area contributed by atoms with Crippen LogP contribution >= 0.6 is 0 Å². The molecular weight excluding hydrogens is 229 g/mol. The number of fused-ring (bicyclic) bond motifs is 3. The second kappa shape index (κ2) is 4.16. The smallest absolute Gasteiger partial charge is 0.139 e. The van der Waals surface area contributed by atoms with E-state index in [-0.39, 0.29) is 5.41 Å². The standard InChI is InChI=1S/C17H20BN/c1-3-17(4-2)15-9-11(18)5-7-13(15)14-8-6-12(19)10-16(14)17/h5-10H,3-4,18-19H2,1-2H3. The third-order valence-corrected chi connectivity index (χ3v) is 4.75.